The number of amides is 2. The van der Waals surface area contributed by atoms with E-state index in [0.29, 0.717) is 12.5 Å². The third-order valence-electron chi connectivity index (χ3n) is 6.39. The predicted octanol–water partition coefficient (Wildman–Crippen LogP) is 6.16. The Hall–Kier alpha value is -4.40. The first-order chi connectivity index (χ1) is 18.2. The van der Waals surface area contributed by atoms with Crippen LogP contribution < -0.4 is 5.32 Å². The lowest BCUT2D eigenvalue weighted by Gasteiger charge is -2.27. The predicted molar refractivity (Wildman–Crippen MR) is 146 cm³/mol. The molecule has 0 radical (unpaired) electrons. The molecule has 0 aliphatic carbocycles. The summed E-state index contributed by atoms with van der Waals surface area (Å²) in [6.07, 6.45) is 5.00. The van der Waals surface area contributed by atoms with E-state index < -0.39 is 5.60 Å². The van der Waals surface area contributed by atoms with Crippen molar-refractivity contribution in [3.05, 3.63) is 66.7 Å². The van der Waals surface area contributed by atoms with Crippen LogP contribution in [0.4, 0.5) is 10.7 Å². The Labute approximate surface area is 221 Å². The second kappa shape index (κ2) is 10.2. The van der Waals surface area contributed by atoms with Gasteiger partial charge in [0.25, 0.3) is 0 Å². The molecule has 0 saturated carbocycles. The molecule has 3 heterocycles. The Morgan fingerprint density at radius 2 is 1.45 bits per heavy atom. The van der Waals surface area contributed by atoms with Crippen molar-refractivity contribution in [1.29, 1.82) is 0 Å². The second-order valence-electron chi connectivity index (χ2n) is 10.5. The van der Waals surface area contributed by atoms with Crippen molar-refractivity contribution in [3.8, 4) is 33.6 Å². The highest BCUT2D eigenvalue weighted by atomic mass is 16.6. The largest absolute Gasteiger partial charge is 0.444 e. The summed E-state index contributed by atoms with van der Waals surface area (Å²) in [6, 6.07) is 16.3. The second-order valence-corrected chi connectivity index (χ2v) is 10.5. The molecule has 38 heavy (non-hydrogen) atoms. The maximum atomic E-state index is 12.7. The molecule has 4 aromatic rings. The van der Waals surface area contributed by atoms with E-state index in [1.807, 2.05) is 39.1 Å². The average molecular weight is 513 g/mol. The van der Waals surface area contributed by atoms with Crippen molar-refractivity contribution < 1.29 is 14.3 Å². The summed E-state index contributed by atoms with van der Waals surface area (Å²) in [7, 11) is 0. The number of rotatable bonds is 5. The Bertz CT molecular complexity index is 1430. The number of benzene rings is 2. The third-order valence-corrected chi connectivity index (χ3v) is 6.39. The van der Waals surface area contributed by atoms with Gasteiger partial charge in [0.05, 0.1) is 29.8 Å². The molecule has 1 aliphatic heterocycles. The van der Waals surface area contributed by atoms with Crippen molar-refractivity contribution in [2.75, 3.05) is 11.9 Å². The molecule has 3 N–H and O–H groups in total. The lowest BCUT2D eigenvalue weighted by atomic mass is 10.0. The van der Waals surface area contributed by atoms with Gasteiger partial charge in [-0.15, -0.1) is 0 Å². The van der Waals surface area contributed by atoms with Crippen molar-refractivity contribution in [2.45, 2.75) is 52.2 Å². The van der Waals surface area contributed by atoms with E-state index in [9.17, 15) is 9.59 Å². The van der Waals surface area contributed by atoms with E-state index >= 15 is 0 Å². The molecule has 9 heteroatoms. The van der Waals surface area contributed by atoms with Gasteiger partial charge in [-0.05, 0) is 55.9 Å². The number of aromatic amines is 2. The van der Waals surface area contributed by atoms with Crippen LogP contribution in [0.2, 0.25) is 0 Å². The lowest BCUT2D eigenvalue weighted by molar-refractivity contribution is -0.114. The molecule has 0 bridgehead atoms. The summed E-state index contributed by atoms with van der Waals surface area (Å²) in [5, 5.41) is 2.65. The number of likely N-dealkylation sites (tertiary alicyclic amines) is 1. The molecule has 2 aromatic carbocycles. The van der Waals surface area contributed by atoms with Crippen LogP contribution in [-0.2, 0) is 9.53 Å². The first kappa shape index (κ1) is 25.3. The fourth-order valence-corrected chi connectivity index (χ4v) is 4.63. The van der Waals surface area contributed by atoms with Crippen LogP contribution in [0.3, 0.4) is 0 Å². The number of anilines is 1. The number of aromatic nitrogens is 4. The quantitative estimate of drug-likeness (QED) is 0.296. The molecule has 2 amide bonds. The highest BCUT2D eigenvalue weighted by Crippen LogP contribution is 2.33. The van der Waals surface area contributed by atoms with Gasteiger partial charge in [-0.2, -0.15) is 0 Å². The van der Waals surface area contributed by atoms with E-state index in [2.05, 4.69) is 61.7 Å². The highest BCUT2D eigenvalue weighted by molar-refractivity contribution is 5.87. The molecule has 5 rings (SSSR count). The van der Waals surface area contributed by atoms with Crippen molar-refractivity contribution in [2.24, 2.45) is 0 Å². The standard InChI is InChI=1S/C29H32N6O3/c1-18(36)32-27-31-17-24(34-27)22-13-9-20(10-14-22)19-7-11-21(12-8-19)23-16-30-26(33-23)25-6-5-15-35(25)28(37)38-29(2,3)4/h7-14,16-17,25H,5-6,15H2,1-4H3,(H,30,33)(H2,31,32,34,36). The Balaban J connectivity index is 1.27. The minimum atomic E-state index is -0.531. The van der Waals surface area contributed by atoms with Crippen molar-refractivity contribution in [1.82, 2.24) is 24.8 Å². The van der Waals surface area contributed by atoms with E-state index in [1.54, 1.807) is 11.1 Å². The van der Waals surface area contributed by atoms with Gasteiger partial charge in [0.2, 0.25) is 11.9 Å². The zero-order valence-corrected chi connectivity index (χ0v) is 22.0. The summed E-state index contributed by atoms with van der Waals surface area (Å²) in [4.78, 5) is 41.0. The topological polar surface area (TPSA) is 116 Å². The number of nitrogens with zero attached hydrogens (tertiary/aromatic N) is 3. The van der Waals surface area contributed by atoms with Crippen LogP contribution in [0.25, 0.3) is 33.6 Å². The van der Waals surface area contributed by atoms with E-state index in [-0.39, 0.29) is 18.0 Å². The first-order valence-corrected chi connectivity index (χ1v) is 12.7. The van der Waals surface area contributed by atoms with Gasteiger partial charge in [0.15, 0.2) is 0 Å². The molecule has 0 spiro atoms. The Morgan fingerprint density at radius 3 is 2.03 bits per heavy atom. The van der Waals surface area contributed by atoms with Crippen LogP contribution in [0.5, 0.6) is 0 Å². The molecule has 1 saturated heterocycles. The maximum absolute atomic E-state index is 12.7. The van der Waals surface area contributed by atoms with Gasteiger partial charge in [-0.25, -0.2) is 14.8 Å². The molecule has 9 nitrogen and oxygen atoms in total. The maximum Gasteiger partial charge on any atom is 0.410 e. The van der Waals surface area contributed by atoms with Gasteiger partial charge >= 0.3 is 6.09 Å². The van der Waals surface area contributed by atoms with Crippen molar-refractivity contribution >= 4 is 17.9 Å². The zero-order valence-electron chi connectivity index (χ0n) is 22.0. The van der Waals surface area contributed by atoms with Crippen LogP contribution in [0.15, 0.2) is 60.9 Å². The van der Waals surface area contributed by atoms with Crippen LogP contribution >= 0.6 is 0 Å². The molecule has 1 atom stereocenters. The summed E-state index contributed by atoms with van der Waals surface area (Å²) >= 11 is 0. The highest BCUT2D eigenvalue weighted by Gasteiger charge is 2.34. The van der Waals surface area contributed by atoms with Gasteiger partial charge in [-0.1, -0.05) is 48.5 Å². The molecule has 1 fully saturated rings. The van der Waals surface area contributed by atoms with E-state index in [4.69, 9.17) is 4.74 Å². The molecular formula is C29H32N6O3. The summed E-state index contributed by atoms with van der Waals surface area (Å²) in [6.45, 7) is 7.75. The van der Waals surface area contributed by atoms with Crippen molar-refractivity contribution in [3.63, 3.8) is 0 Å². The number of ether oxygens (including phenoxy) is 1. The number of H-pyrrole nitrogens is 2. The Morgan fingerprint density at radius 1 is 0.895 bits per heavy atom. The molecule has 1 unspecified atom stereocenters. The number of hydrogen-bond donors (Lipinski definition) is 3. The number of carbonyl (C=O) groups excluding carboxylic acids is 2. The van der Waals surface area contributed by atoms with Gasteiger partial charge in [0.1, 0.15) is 11.4 Å². The van der Waals surface area contributed by atoms with E-state index in [0.717, 1.165) is 52.3 Å². The number of hydrogen-bond acceptors (Lipinski definition) is 5. The first-order valence-electron chi connectivity index (χ1n) is 12.7. The number of imidazole rings is 2. The summed E-state index contributed by atoms with van der Waals surface area (Å²) in [5.74, 6) is 1.04. The summed E-state index contributed by atoms with van der Waals surface area (Å²) < 4.78 is 5.59. The molecule has 196 valence electrons. The SMILES string of the molecule is CC(=O)Nc1ncc(-c2ccc(-c3ccc(-c4cnc(C5CCCN5C(=O)OC(C)(C)C)[nH]4)cc3)cc2)[nH]1. The smallest absolute Gasteiger partial charge is 0.410 e. The monoisotopic (exact) mass is 512 g/mol. The Kier molecular flexibility index (Phi) is 6.75. The minimum absolute atomic E-state index is 0.111. The van der Waals surface area contributed by atoms with Crippen LogP contribution in [0.1, 0.15) is 52.4 Å². The number of nitrogens with one attached hydrogen (secondary N) is 3. The van der Waals surface area contributed by atoms with E-state index in [1.165, 1.54) is 6.92 Å². The van der Waals surface area contributed by atoms with Crippen LogP contribution in [-0.4, -0.2) is 49.0 Å². The lowest BCUT2D eigenvalue weighted by Crippen LogP contribution is -2.36. The number of carbonyl (C=O) groups is 2. The van der Waals surface area contributed by atoms with Gasteiger partial charge in [-0.3, -0.25) is 15.0 Å². The summed E-state index contributed by atoms with van der Waals surface area (Å²) in [5.41, 5.74) is 5.39. The average Bonchev–Trinajstić information content (AvgIpc) is 3.63. The van der Waals surface area contributed by atoms with Gasteiger partial charge < -0.3 is 14.7 Å². The van der Waals surface area contributed by atoms with Gasteiger partial charge in [0, 0.05) is 13.5 Å². The molecular weight excluding hydrogens is 480 g/mol. The zero-order chi connectivity index (χ0) is 26.9. The third kappa shape index (κ3) is 5.61. The molecule has 2 aromatic heterocycles. The fourth-order valence-electron chi connectivity index (χ4n) is 4.63. The normalized spacial score (nSPS) is 15.5. The van der Waals surface area contributed by atoms with Crippen LogP contribution in [0, 0.1) is 0 Å². The molecule has 1 aliphatic rings. The minimum Gasteiger partial charge on any atom is -0.444 e. The fraction of sp³-hybridized carbons (Fsp3) is 0.310.